The number of carbonyl (C=O) groups is 1. The third kappa shape index (κ3) is 5.79. The van der Waals surface area contributed by atoms with E-state index >= 15 is 0 Å². The van der Waals surface area contributed by atoms with Crippen LogP contribution in [0.2, 0.25) is 0 Å². The van der Waals surface area contributed by atoms with Crippen molar-refractivity contribution in [2.24, 2.45) is 0 Å². The highest BCUT2D eigenvalue weighted by molar-refractivity contribution is 5.99. The van der Waals surface area contributed by atoms with Gasteiger partial charge in [0.25, 0.3) is 5.91 Å². The minimum atomic E-state index is -0.239. The van der Waals surface area contributed by atoms with Crippen LogP contribution in [0.5, 0.6) is 0 Å². The molecule has 2 heterocycles. The Kier molecular flexibility index (Phi) is 6.80. The van der Waals surface area contributed by atoms with Gasteiger partial charge in [-0.15, -0.1) is 0 Å². The molecule has 4 rings (SSSR count). The lowest BCUT2D eigenvalue weighted by Gasteiger charge is -2.19. The summed E-state index contributed by atoms with van der Waals surface area (Å²) in [6.45, 7) is 10.1. The van der Waals surface area contributed by atoms with E-state index in [9.17, 15) is 4.79 Å². The second kappa shape index (κ2) is 9.65. The number of amides is 1. The lowest BCUT2D eigenvalue weighted by Crippen LogP contribution is -2.31. The summed E-state index contributed by atoms with van der Waals surface area (Å²) >= 11 is 0. The molecule has 1 amide bonds. The topological polar surface area (TPSA) is 100 Å². The number of nitrogens with one attached hydrogen (secondary N) is 3. The maximum Gasteiger partial charge on any atom is 0.256 e. The van der Waals surface area contributed by atoms with Gasteiger partial charge in [0, 0.05) is 37.7 Å². The van der Waals surface area contributed by atoms with Crippen LogP contribution in [0.3, 0.4) is 0 Å². The molecule has 0 radical (unpaired) electrons. The molecule has 0 fully saturated rings. The Balaban J connectivity index is 0.00000361. The maximum atomic E-state index is 12.8. The van der Waals surface area contributed by atoms with Crippen LogP contribution in [0.15, 0.2) is 36.7 Å². The van der Waals surface area contributed by atoms with Crippen molar-refractivity contribution < 1.29 is 6.22 Å². The molecule has 0 spiro atoms. The zero-order valence-electron chi connectivity index (χ0n) is 21.7. The van der Waals surface area contributed by atoms with Crippen LogP contribution in [0.25, 0.3) is 0 Å². The van der Waals surface area contributed by atoms with E-state index in [-0.39, 0.29) is 18.9 Å². The van der Waals surface area contributed by atoms with Crippen LogP contribution in [0.1, 0.15) is 57.5 Å². The van der Waals surface area contributed by atoms with Crippen LogP contribution in [0.4, 0.5) is 23.3 Å². The first kappa shape index (κ1) is 24.7. The fourth-order valence-electron chi connectivity index (χ4n) is 4.10. The minimum absolute atomic E-state index is 0. The summed E-state index contributed by atoms with van der Waals surface area (Å²) in [5.74, 6) is 1.17. The van der Waals surface area contributed by atoms with Crippen LogP contribution in [0, 0.1) is 0 Å². The van der Waals surface area contributed by atoms with Gasteiger partial charge in [-0.25, -0.2) is 4.98 Å². The van der Waals surface area contributed by atoms with Crippen molar-refractivity contribution in [3.8, 4) is 0 Å². The summed E-state index contributed by atoms with van der Waals surface area (Å²) in [6.07, 6.45) is 5.54. The number of nitrogens with zero attached hydrogens (tertiary/aromatic N) is 5. The largest absolute Gasteiger partial charge is 0.350 e. The molecule has 1 unspecified atom stereocenters. The van der Waals surface area contributed by atoms with Gasteiger partial charge in [0.1, 0.15) is 11.4 Å². The summed E-state index contributed by atoms with van der Waals surface area (Å²) in [6, 6.07) is 8.78. The van der Waals surface area contributed by atoms with E-state index in [2.05, 4.69) is 89.0 Å². The Bertz CT molecular complexity index is 1210. The monoisotopic (exact) mass is 478 g/mol. The van der Waals surface area contributed by atoms with E-state index in [4.69, 9.17) is 0 Å². The molecule has 0 saturated carbocycles. The number of likely N-dealkylation sites (N-methyl/N-ethyl adjacent to an activating group) is 1. The molecule has 9 nitrogen and oxygen atoms in total. The van der Waals surface area contributed by atoms with Gasteiger partial charge < -0.3 is 20.9 Å². The van der Waals surface area contributed by atoms with E-state index in [1.54, 1.807) is 6.20 Å². The fraction of sp³-hybridized carbons (Fsp3) is 0.462. The van der Waals surface area contributed by atoms with Crippen molar-refractivity contribution in [1.82, 2.24) is 30.0 Å². The van der Waals surface area contributed by atoms with E-state index in [0.29, 0.717) is 29.2 Å². The summed E-state index contributed by atoms with van der Waals surface area (Å²) in [5, 5.41) is 14.0. The molecule has 1 aliphatic carbocycles. The minimum Gasteiger partial charge on any atom is -0.350 e. The first-order chi connectivity index (χ1) is 16.5. The van der Waals surface area contributed by atoms with Crippen molar-refractivity contribution in [3.05, 3.63) is 53.3 Å². The van der Waals surface area contributed by atoms with Gasteiger partial charge in [0.05, 0.1) is 5.54 Å². The number of benzene rings is 1. The zero-order valence-corrected chi connectivity index (χ0v) is 21.7. The predicted molar refractivity (Wildman–Crippen MR) is 142 cm³/mol. The van der Waals surface area contributed by atoms with Crippen LogP contribution in [-0.2, 0) is 18.4 Å². The molecule has 188 valence electrons. The van der Waals surface area contributed by atoms with Gasteiger partial charge in [-0.2, -0.15) is 10.1 Å². The number of anilines is 4. The molecule has 0 aliphatic heterocycles. The SMILES string of the molecule is CC(C)NC(=O)c1cnc(Nc2ccc3c(c2)CC(N(C)C)C3)nc1Nc1ccn(C(C)(C)C)n1.[HH]. The number of aromatic nitrogens is 4. The quantitative estimate of drug-likeness (QED) is 0.465. The number of carbonyl (C=O) groups excluding carboxylic acids is 1. The molecule has 3 N–H and O–H groups in total. The summed E-state index contributed by atoms with van der Waals surface area (Å²) in [4.78, 5) is 24.2. The predicted octanol–water partition coefficient (Wildman–Crippen LogP) is 4.33. The maximum absolute atomic E-state index is 12.8. The molecule has 35 heavy (non-hydrogen) atoms. The molecular formula is C26H38N8O. The van der Waals surface area contributed by atoms with E-state index in [1.165, 1.54) is 11.1 Å². The van der Waals surface area contributed by atoms with E-state index in [1.807, 2.05) is 30.8 Å². The van der Waals surface area contributed by atoms with Crippen LogP contribution in [-0.4, -0.2) is 56.7 Å². The smallest absolute Gasteiger partial charge is 0.256 e. The van der Waals surface area contributed by atoms with Gasteiger partial charge in [-0.05, 0) is 84.8 Å². The van der Waals surface area contributed by atoms with Gasteiger partial charge in [0.2, 0.25) is 5.95 Å². The standard InChI is InChI=1S/C26H36N8O.H2/c1-16(2)28-24(35)21-15-27-25(31-23(21)30-22-10-11-34(32-22)26(3,4)5)29-19-9-8-17-13-20(33(6)7)14-18(17)12-19;/h8-12,15-16,20H,13-14H2,1-7H3,(H,28,35)(H2,27,29,30,31,32);1H. The zero-order chi connectivity index (χ0) is 25.3. The number of fused-ring (bicyclic) bond motifs is 1. The Morgan fingerprint density at radius 2 is 1.89 bits per heavy atom. The summed E-state index contributed by atoms with van der Waals surface area (Å²) in [7, 11) is 4.25. The molecule has 0 saturated heterocycles. The Morgan fingerprint density at radius 3 is 2.54 bits per heavy atom. The second-order valence-electron chi connectivity index (χ2n) is 10.7. The first-order valence-electron chi connectivity index (χ1n) is 12.1. The van der Waals surface area contributed by atoms with Gasteiger partial charge in [0.15, 0.2) is 5.82 Å². The van der Waals surface area contributed by atoms with Crippen LogP contribution < -0.4 is 16.0 Å². The number of rotatable bonds is 7. The average molecular weight is 479 g/mol. The molecule has 2 aromatic heterocycles. The van der Waals surface area contributed by atoms with Crippen molar-refractivity contribution in [1.29, 1.82) is 0 Å². The normalized spacial score (nSPS) is 15.4. The molecule has 9 heteroatoms. The summed E-state index contributed by atoms with van der Waals surface area (Å²) < 4.78 is 1.87. The first-order valence-corrected chi connectivity index (χ1v) is 12.1. The Hall–Kier alpha value is -3.46. The Morgan fingerprint density at radius 1 is 1.14 bits per heavy atom. The van der Waals surface area contributed by atoms with E-state index < -0.39 is 0 Å². The number of hydrogen-bond donors (Lipinski definition) is 3. The molecular weight excluding hydrogens is 440 g/mol. The lowest BCUT2D eigenvalue weighted by atomic mass is 10.1. The third-order valence-corrected chi connectivity index (χ3v) is 6.08. The van der Waals surface area contributed by atoms with Gasteiger partial charge >= 0.3 is 0 Å². The second-order valence-corrected chi connectivity index (χ2v) is 10.7. The highest BCUT2D eigenvalue weighted by Gasteiger charge is 2.23. The molecule has 1 atom stereocenters. The highest BCUT2D eigenvalue weighted by Crippen LogP contribution is 2.29. The fourth-order valence-corrected chi connectivity index (χ4v) is 4.10. The molecule has 1 aliphatic rings. The highest BCUT2D eigenvalue weighted by atomic mass is 16.1. The molecule has 1 aromatic carbocycles. The van der Waals surface area contributed by atoms with Gasteiger partial charge in [-0.1, -0.05) is 6.07 Å². The average Bonchev–Trinajstić information content (AvgIpc) is 3.40. The van der Waals surface area contributed by atoms with E-state index in [0.717, 1.165) is 18.5 Å². The molecule has 0 bridgehead atoms. The van der Waals surface area contributed by atoms with Crippen molar-refractivity contribution in [2.45, 2.75) is 65.1 Å². The lowest BCUT2D eigenvalue weighted by molar-refractivity contribution is 0.0943. The van der Waals surface area contributed by atoms with Crippen LogP contribution >= 0.6 is 0 Å². The van der Waals surface area contributed by atoms with Gasteiger partial charge in [-0.3, -0.25) is 9.48 Å². The van der Waals surface area contributed by atoms with Crippen molar-refractivity contribution >= 4 is 29.2 Å². The number of hydrogen-bond acceptors (Lipinski definition) is 7. The Labute approximate surface area is 208 Å². The van der Waals surface area contributed by atoms with Crippen molar-refractivity contribution in [2.75, 3.05) is 24.7 Å². The molecule has 3 aromatic rings. The third-order valence-electron chi connectivity index (χ3n) is 6.08. The summed E-state index contributed by atoms with van der Waals surface area (Å²) in [5.41, 5.74) is 3.85. The van der Waals surface area contributed by atoms with Crippen molar-refractivity contribution in [3.63, 3.8) is 0 Å².